The van der Waals surface area contributed by atoms with Crippen molar-refractivity contribution < 1.29 is 4.79 Å². The van der Waals surface area contributed by atoms with Crippen LogP contribution in [0, 0.1) is 0 Å². The van der Waals surface area contributed by atoms with Crippen LogP contribution in [0.3, 0.4) is 0 Å². The Bertz CT molecular complexity index is 367. The van der Waals surface area contributed by atoms with Gasteiger partial charge in [0, 0.05) is 0 Å². The lowest BCUT2D eigenvalue weighted by molar-refractivity contribution is -0.124. The molecule has 3 heteroatoms. The van der Waals surface area contributed by atoms with Crippen LogP contribution in [0.5, 0.6) is 0 Å². The molecule has 1 aliphatic rings. The van der Waals surface area contributed by atoms with Gasteiger partial charge in [0.15, 0.2) is 0 Å². The Labute approximate surface area is 95.8 Å². The lowest BCUT2D eigenvalue weighted by Gasteiger charge is -2.34. The first-order chi connectivity index (χ1) is 7.62. The van der Waals surface area contributed by atoms with Crippen molar-refractivity contribution in [3.63, 3.8) is 0 Å². The van der Waals surface area contributed by atoms with Gasteiger partial charge in [-0.15, -0.1) is 0 Å². The summed E-state index contributed by atoms with van der Waals surface area (Å²) in [4.78, 5) is 11.2. The molecule has 0 radical (unpaired) electrons. The Hall–Kier alpha value is -1.35. The van der Waals surface area contributed by atoms with E-state index in [1.165, 1.54) is 5.56 Å². The van der Waals surface area contributed by atoms with Gasteiger partial charge in [-0.2, -0.15) is 0 Å². The smallest absolute Gasteiger partial charge is 0.237 e. The molecule has 0 bridgehead atoms. The van der Waals surface area contributed by atoms with Crippen LogP contribution in [0.1, 0.15) is 37.2 Å². The normalized spacial score (nSPS) is 29.9. The van der Waals surface area contributed by atoms with E-state index in [-0.39, 0.29) is 5.91 Å². The first-order valence-electron chi connectivity index (χ1n) is 5.75. The molecule has 1 aliphatic carbocycles. The van der Waals surface area contributed by atoms with Crippen molar-refractivity contribution in [3.05, 3.63) is 35.9 Å². The minimum Gasteiger partial charge on any atom is -0.368 e. The summed E-state index contributed by atoms with van der Waals surface area (Å²) in [6.07, 6.45) is 3.29. The zero-order valence-corrected chi connectivity index (χ0v) is 9.36. The van der Waals surface area contributed by atoms with Gasteiger partial charge in [0.2, 0.25) is 5.91 Å². The standard InChI is InChI=1S/C13H18N2O/c14-12(16)13(15)8-6-11(7-9-13)10-4-2-1-3-5-10/h1-5,11H,6-9,15H2,(H2,14,16). The van der Waals surface area contributed by atoms with Crippen LogP contribution in [0.4, 0.5) is 0 Å². The molecule has 86 valence electrons. The van der Waals surface area contributed by atoms with Crippen molar-refractivity contribution in [3.8, 4) is 0 Å². The van der Waals surface area contributed by atoms with Gasteiger partial charge < -0.3 is 11.5 Å². The van der Waals surface area contributed by atoms with E-state index < -0.39 is 5.54 Å². The van der Waals surface area contributed by atoms with E-state index in [2.05, 4.69) is 12.1 Å². The van der Waals surface area contributed by atoms with Crippen molar-refractivity contribution in [2.24, 2.45) is 11.5 Å². The molecule has 2 rings (SSSR count). The van der Waals surface area contributed by atoms with Crippen LogP contribution in [0.2, 0.25) is 0 Å². The second-order valence-corrected chi connectivity index (χ2v) is 4.71. The van der Waals surface area contributed by atoms with Gasteiger partial charge in [-0.05, 0) is 37.2 Å². The molecule has 1 aromatic rings. The largest absolute Gasteiger partial charge is 0.368 e. The van der Waals surface area contributed by atoms with Gasteiger partial charge in [0.05, 0.1) is 5.54 Å². The van der Waals surface area contributed by atoms with Crippen LogP contribution in [0.15, 0.2) is 30.3 Å². The van der Waals surface area contributed by atoms with E-state index in [0.717, 1.165) is 12.8 Å². The summed E-state index contributed by atoms with van der Waals surface area (Å²) < 4.78 is 0. The molecule has 16 heavy (non-hydrogen) atoms. The van der Waals surface area contributed by atoms with Crippen LogP contribution >= 0.6 is 0 Å². The summed E-state index contributed by atoms with van der Waals surface area (Å²) in [5.74, 6) is 0.163. The van der Waals surface area contributed by atoms with Crippen molar-refractivity contribution >= 4 is 5.91 Å². The van der Waals surface area contributed by atoms with E-state index in [1.807, 2.05) is 18.2 Å². The third-order valence-corrected chi connectivity index (χ3v) is 3.64. The second-order valence-electron chi connectivity index (χ2n) is 4.71. The maximum atomic E-state index is 11.2. The molecule has 3 nitrogen and oxygen atoms in total. The van der Waals surface area contributed by atoms with Crippen LogP contribution < -0.4 is 11.5 Å². The average Bonchev–Trinajstić information content (AvgIpc) is 2.31. The van der Waals surface area contributed by atoms with Gasteiger partial charge in [-0.1, -0.05) is 30.3 Å². The number of nitrogens with two attached hydrogens (primary N) is 2. The number of rotatable bonds is 2. The van der Waals surface area contributed by atoms with Crippen LogP contribution in [-0.2, 0) is 4.79 Å². The first kappa shape index (κ1) is 11.1. The summed E-state index contributed by atoms with van der Waals surface area (Å²) >= 11 is 0. The average molecular weight is 218 g/mol. The molecule has 1 amide bonds. The topological polar surface area (TPSA) is 69.1 Å². The third kappa shape index (κ3) is 2.09. The molecule has 1 aromatic carbocycles. The molecule has 0 aliphatic heterocycles. The lowest BCUT2D eigenvalue weighted by atomic mass is 9.74. The molecule has 0 aromatic heterocycles. The van der Waals surface area contributed by atoms with Gasteiger partial charge in [-0.25, -0.2) is 0 Å². The number of carbonyl (C=O) groups is 1. The van der Waals surface area contributed by atoms with Gasteiger partial charge in [0.25, 0.3) is 0 Å². The predicted octanol–water partition coefficient (Wildman–Crippen LogP) is 1.53. The molecular weight excluding hydrogens is 200 g/mol. The maximum Gasteiger partial charge on any atom is 0.237 e. The number of benzene rings is 1. The molecule has 0 heterocycles. The summed E-state index contributed by atoms with van der Waals surface area (Å²) in [6.45, 7) is 0. The van der Waals surface area contributed by atoms with Gasteiger partial charge in [0.1, 0.15) is 0 Å². The molecule has 1 fully saturated rings. The zero-order chi connectivity index (χ0) is 11.6. The molecule has 0 atom stereocenters. The summed E-state index contributed by atoms with van der Waals surface area (Å²) in [6, 6.07) is 10.4. The highest BCUT2D eigenvalue weighted by Gasteiger charge is 2.36. The number of amides is 1. The van der Waals surface area contributed by atoms with Crippen LogP contribution in [-0.4, -0.2) is 11.4 Å². The van der Waals surface area contributed by atoms with Gasteiger partial charge in [-0.3, -0.25) is 4.79 Å². The first-order valence-corrected chi connectivity index (χ1v) is 5.75. The molecule has 0 saturated heterocycles. The predicted molar refractivity (Wildman–Crippen MR) is 63.8 cm³/mol. The highest BCUT2D eigenvalue weighted by atomic mass is 16.1. The number of hydrogen-bond donors (Lipinski definition) is 2. The van der Waals surface area contributed by atoms with E-state index in [0.29, 0.717) is 18.8 Å². The van der Waals surface area contributed by atoms with E-state index >= 15 is 0 Å². The molecular formula is C13H18N2O. The third-order valence-electron chi connectivity index (χ3n) is 3.64. The Morgan fingerprint density at radius 1 is 1.19 bits per heavy atom. The minimum atomic E-state index is -0.773. The highest BCUT2D eigenvalue weighted by molar-refractivity contribution is 5.84. The van der Waals surface area contributed by atoms with Crippen molar-refractivity contribution in [1.82, 2.24) is 0 Å². The fourth-order valence-electron chi connectivity index (χ4n) is 2.44. The fraction of sp³-hybridized carbons (Fsp3) is 0.462. The van der Waals surface area contributed by atoms with Crippen molar-refractivity contribution in [1.29, 1.82) is 0 Å². The molecule has 0 spiro atoms. The Morgan fingerprint density at radius 3 is 2.25 bits per heavy atom. The van der Waals surface area contributed by atoms with E-state index in [1.54, 1.807) is 0 Å². The van der Waals surface area contributed by atoms with E-state index in [9.17, 15) is 4.79 Å². The Morgan fingerprint density at radius 2 is 1.75 bits per heavy atom. The maximum absolute atomic E-state index is 11.2. The molecule has 0 unspecified atom stereocenters. The summed E-state index contributed by atoms with van der Waals surface area (Å²) in [7, 11) is 0. The Balaban J connectivity index is 2.03. The minimum absolute atomic E-state index is 0.362. The second kappa shape index (κ2) is 4.26. The van der Waals surface area contributed by atoms with Crippen molar-refractivity contribution in [2.45, 2.75) is 37.1 Å². The zero-order valence-electron chi connectivity index (χ0n) is 9.36. The monoisotopic (exact) mass is 218 g/mol. The summed E-state index contributed by atoms with van der Waals surface area (Å²) in [5, 5.41) is 0. The Kier molecular flexibility index (Phi) is 2.97. The number of primary amides is 1. The van der Waals surface area contributed by atoms with Crippen LogP contribution in [0.25, 0.3) is 0 Å². The SMILES string of the molecule is NC(=O)C1(N)CCC(c2ccccc2)CC1. The number of hydrogen-bond acceptors (Lipinski definition) is 2. The van der Waals surface area contributed by atoms with Gasteiger partial charge >= 0.3 is 0 Å². The van der Waals surface area contributed by atoms with Crippen molar-refractivity contribution in [2.75, 3.05) is 0 Å². The van der Waals surface area contributed by atoms with E-state index in [4.69, 9.17) is 11.5 Å². The molecule has 4 N–H and O–H groups in total. The number of carbonyl (C=O) groups excluding carboxylic acids is 1. The molecule has 1 saturated carbocycles. The quantitative estimate of drug-likeness (QED) is 0.790. The summed E-state index contributed by atoms with van der Waals surface area (Å²) in [5.41, 5.74) is 11.9. The fourth-order valence-corrected chi connectivity index (χ4v) is 2.44. The lowest BCUT2D eigenvalue weighted by Crippen LogP contribution is -2.53. The highest BCUT2D eigenvalue weighted by Crippen LogP contribution is 2.36.